The van der Waals surface area contributed by atoms with E-state index >= 15 is 0 Å². The van der Waals surface area contributed by atoms with Crippen LogP contribution in [0.25, 0.3) is 6.08 Å². The molecule has 0 unspecified atom stereocenters. The molecule has 0 aliphatic carbocycles. The molecule has 158 valence electrons. The molecule has 1 aliphatic heterocycles. The summed E-state index contributed by atoms with van der Waals surface area (Å²) in [5.41, 5.74) is 1.50. The Kier molecular flexibility index (Phi) is 6.12. The summed E-state index contributed by atoms with van der Waals surface area (Å²) in [6.07, 6.45) is 1.62. The second kappa shape index (κ2) is 8.67. The van der Waals surface area contributed by atoms with Gasteiger partial charge in [-0.05, 0) is 54.1 Å². The van der Waals surface area contributed by atoms with E-state index in [9.17, 15) is 17.6 Å². The molecule has 0 atom stereocenters. The molecule has 0 aromatic heterocycles. The number of carbonyl (C=O) groups excluding carboxylic acids is 1. The van der Waals surface area contributed by atoms with Gasteiger partial charge in [-0.25, -0.2) is 12.8 Å². The number of anilines is 1. The summed E-state index contributed by atoms with van der Waals surface area (Å²) < 4.78 is 39.1. The molecule has 4 rings (SSSR count). The fourth-order valence-electron chi connectivity index (χ4n) is 2.98. The van der Waals surface area contributed by atoms with Crippen LogP contribution in [0.15, 0.2) is 75.4 Å². The Morgan fingerprint density at radius 2 is 1.68 bits per heavy atom. The Morgan fingerprint density at radius 1 is 1.00 bits per heavy atom. The number of hydrogen-bond acceptors (Lipinski definition) is 4. The first-order chi connectivity index (χ1) is 14.7. The minimum atomic E-state index is -3.74. The topological polar surface area (TPSA) is 63.2 Å². The van der Waals surface area contributed by atoms with Gasteiger partial charge in [-0.3, -0.25) is 4.79 Å². The van der Waals surface area contributed by atoms with Gasteiger partial charge in [0.05, 0.1) is 21.2 Å². The number of thioether (sulfide) groups is 1. The highest BCUT2D eigenvalue weighted by Crippen LogP contribution is 2.40. The highest BCUT2D eigenvalue weighted by molar-refractivity contribution is 8.04. The molecule has 1 amide bonds. The fraction of sp³-hybridized carbons (Fsp3) is 0.0455. The van der Waals surface area contributed by atoms with Crippen molar-refractivity contribution in [2.24, 2.45) is 0 Å². The monoisotopic (exact) mass is 493 g/mol. The normalized spacial score (nSPS) is 14.9. The number of fused-ring (bicyclic) bond motifs is 1. The van der Waals surface area contributed by atoms with Crippen molar-refractivity contribution in [3.63, 3.8) is 0 Å². The Labute approximate surface area is 193 Å². The zero-order chi connectivity index (χ0) is 22.2. The third-order valence-corrected chi connectivity index (χ3v) is 8.00. The van der Waals surface area contributed by atoms with E-state index in [1.807, 2.05) is 0 Å². The lowest BCUT2D eigenvalue weighted by atomic mass is 10.2. The molecule has 1 N–H and O–H groups in total. The van der Waals surface area contributed by atoms with E-state index in [2.05, 4.69) is 5.32 Å². The maximum absolute atomic E-state index is 13.1. The molecular formula is C22H14Cl2FNO3S2. The van der Waals surface area contributed by atoms with Gasteiger partial charge in [0.25, 0.3) is 5.91 Å². The van der Waals surface area contributed by atoms with Crippen LogP contribution in [0.2, 0.25) is 10.0 Å². The molecule has 1 aliphatic rings. The van der Waals surface area contributed by atoms with Crippen LogP contribution in [0.5, 0.6) is 0 Å². The van der Waals surface area contributed by atoms with Gasteiger partial charge in [0.1, 0.15) is 5.82 Å². The van der Waals surface area contributed by atoms with Gasteiger partial charge in [-0.15, -0.1) is 0 Å². The highest BCUT2D eigenvalue weighted by Gasteiger charge is 2.25. The quantitative estimate of drug-likeness (QED) is 0.440. The summed E-state index contributed by atoms with van der Waals surface area (Å²) in [7, 11) is -3.74. The summed E-state index contributed by atoms with van der Waals surface area (Å²) >= 11 is 13.4. The third-order valence-electron chi connectivity index (χ3n) is 4.57. The molecule has 4 nitrogen and oxygen atoms in total. The minimum Gasteiger partial charge on any atom is -0.320 e. The average molecular weight is 494 g/mol. The molecule has 0 saturated carbocycles. The SMILES string of the molecule is O=C1Nc2ccc(S(=O)(=O)Cc3c(Cl)cccc3Cl)cc2S/C1=C/c1ccc(F)cc1. The van der Waals surface area contributed by atoms with E-state index < -0.39 is 9.84 Å². The van der Waals surface area contributed by atoms with Crippen molar-refractivity contribution in [2.75, 3.05) is 5.32 Å². The van der Waals surface area contributed by atoms with Crippen molar-refractivity contribution in [3.8, 4) is 0 Å². The maximum atomic E-state index is 13.1. The smallest absolute Gasteiger partial charge is 0.262 e. The Hall–Kier alpha value is -2.32. The Balaban J connectivity index is 1.65. The number of nitrogens with one attached hydrogen (secondary N) is 1. The van der Waals surface area contributed by atoms with Crippen molar-refractivity contribution >= 4 is 62.5 Å². The summed E-state index contributed by atoms with van der Waals surface area (Å²) in [6, 6.07) is 15.0. The number of hydrogen-bond donors (Lipinski definition) is 1. The minimum absolute atomic E-state index is 0.0898. The van der Waals surface area contributed by atoms with Crippen molar-refractivity contribution in [2.45, 2.75) is 15.5 Å². The second-order valence-electron chi connectivity index (χ2n) is 6.73. The number of amides is 1. The van der Waals surface area contributed by atoms with Gasteiger partial charge in [0, 0.05) is 20.5 Å². The maximum Gasteiger partial charge on any atom is 0.262 e. The van der Waals surface area contributed by atoms with Gasteiger partial charge in [-0.1, -0.05) is 53.2 Å². The summed E-state index contributed by atoms with van der Waals surface area (Å²) in [4.78, 5) is 13.4. The van der Waals surface area contributed by atoms with Crippen LogP contribution in [0.3, 0.4) is 0 Å². The lowest BCUT2D eigenvalue weighted by molar-refractivity contribution is -0.112. The first-order valence-electron chi connectivity index (χ1n) is 8.99. The van der Waals surface area contributed by atoms with E-state index in [-0.39, 0.29) is 32.4 Å². The van der Waals surface area contributed by atoms with Gasteiger partial charge in [-0.2, -0.15) is 0 Å². The summed E-state index contributed by atoms with van der Waals surface area (Å²) in [6.45, 7) is 0. The molecule has 0 fully saturated rings. The molecular weight excluding hydrogens is 480 g/mol. The first-order valence-corrected chi connectivity index (χ1v) is 12.2. The van der Waals surface area contributed by atoms with Crippen LogP contribution in [0, 0.1) is 5.82 Å². The fourth-order valence-corrected chi connectivity index (χ4v) is 6.17. The zero-order valence-electron chi connectivity index (χ0n) is 15.7. The molecule has 0 bridgehead atoms. The number of rotatable bonds is 4. The third kappa shape index (κ3) is 4.80. The standard InChI is InChI=1S/C22H14Cl2FNO3S2/c23-17-2-1-3-18(24)16(17)12-31(28,29)15-8-9-19-20(11-15)30-21(22(27)26-19)10-13-4-6-14(25)7-5-13/h1-11H,12H2,(H,26,27)/b21-10+. The molecule has 1 heterocycles. The summed E-state index contributed by atoms with van der Waals surface area (Å²) in [5.74, 6) is -1.04. The number of halogens is 3. The molecule has 9 heteroatoms. The van der Waals surface area contributed by atoms with Crippen LogP contribution < -0.4 is 5.32 Å². The van der Waals surface area contributed by atoms with Gasteiger partial charge < -0.3 is 5.32 Å². The summed E-state index contributed by atoms with van der Waals surface area (Å²) in [5, 5.41) is 3.30. The highest BCUT2D eigenvalue weighted by atomic mass is 35.5. The van der Waals surface area contributed by atoms with Gasteiger partial charge in [0.2, 0.25) is 0 Å². The zero-order valence-corrected chi connectivity index (χ0v) is 18.9. The molecule has 31 heavy (non-hydrogen) atoms. The predicted octanol–water partition coefficient (Wildman–Crippen LogP) is 6.19. The largest absolute Gasteiger partial charge is 0.320 e. The molecule has 3 aromatic carbocycles. The van der Waals surface area contributed by atoms with E-state index in [0.29, 0.717) is 26.6 Å². The van der Waals surface area contributed by atoms with E-state index in [1.54, 1.807) is 42.5 Å². The van der Waals surface area contributed by atoms with E-state index in [4.69, 9.17) is 23.2 Å². The lowest BCUT2D eigenvalue weighted by Gasteiger charge is -2.19. The predicted molar refractivity (Wildman–Crippen MR) is 123 cm³/mol. The number of sulfone groups is 1. The lowest BCUT2D eigenvalue weighted by Crippen LogP contribution is -2.17. The van der Waals surface area contributed by atoms with Crippen LogP contribution >= 0.6 is 35.0 Å². The molecule has 0 saturated heterocycles. The van der Waals surface area contributed by atoms with Gasteiger partial charge in [0.15, 0.2) is 9.84 Å². The molecule has 3 aromatic rings. The van der Waals surface area contributed by atoms with E-state index in [1.165, 1.54) is 24.3 Å². The van der Waals surface area contributed by atoms with Crippen molar-refractivity contribution in [3.05, 3.63) is 92.6 Å². The molecule has 0 radical (unpaired) electrons. The second-order valence-corrected chi connectivity index (χ2v) is 10.6. The Morgan fingerprint density at radius 3 is 2.35 bits per heavy atom. The van der Waals surface area contributed by atoms with Crippen LogP contribution in [-0.4, -0.2) is 14.3 Å². The first kappa shape index (κ1) is 21.9. The van der Waals surface area contributed by atoms with Crippen molar-refractivity contribution in [1.29, 1.82) is 0 Å². The van der Waals surface area contributed by atoms with Crippen LogP contribution in [0.4, 0.5) is 10.1 Å². The molecule has 0 spiro atoms. The Bertz CT molecular complexity index is 1300. The van der Waals surface area contributed by atoms with Crippen molar-refractivity contribution in [1.82, 2.24) is 0 Å². The number of carbonyl (C=O) groups is 1. The average Bonchev–Trinajstić information content (AvgIpc) is 2.73. The van der Waals surface area contributed by atoms with Crippen molar-refractivity contribution < 1.29 is 17.6 Å². The van der Waals surface area contributed by atoms with Crippen LogP contribution in [-0.2, 0) is 20.4 Å². The van der Waals surface area contributed by atoms with E-state index in [0.717, 1.165) is 11.8 Å². The number of benzene rings is 3. The van der Waals surface area contributed by atoms with Crippen LogP contribution in [0.1, 0.15) is 11.1 Å². The van der Waals surface area contributed by atoms with Gasteiger partial charge >= 0.3 is 0 Å².